The van der Waals surface area contributed by atoms with Gasteiger partial charge in [0.05, 0.1) is 17.5 Å². The monoisotopic (exact) mass is 297 g/mol. The summed E-state index contributed by atoms with van der Waals surface area (Å²) >= 11 is 0. The lowest BCUT2D eigenvalue weighted by Crippen LogP contribution is -2.16. The van der Waals surface area contributed by atoms with E-state index in [-0.39, 0.29) is 12.0 Å². The maximum Gasteiger partial charge on any atom is 0.276 e. The molecular weight excluding hydrogens is 278 g/mol. The van der Waals surface area contributed by atoms with E-state index in [0.717, 1.165) is 5.69 Å². The summed E-state index contributed by atoms with van der Waals surface area (Å²) in [5.41, 5.74) is 1.91. The smallest absolute Gasteiger partial charge is 0.276 e. The molecule has 0 atom stereocenters. The number of aromatic nitrogens is 2. The van der Waals surface area contributed by atoms with Crippen LogP contribution in [0.2, 0.25) is 0 Å². The third-order valence-electron chi connectivity index (χ3n) is 3.41. The Morgan fingerprint density at radius 1 is 1.18 bits per heavy atom. The van der Waals surface area contributed by atoms with E-state index in [1.807, 2.05) is 44.2 Å². The van der Waals surface area contributed by atoms with Crippen LogP contribution in [0.25, 0.3) is 0 Å². The van der Waals surface area contributed by atoms with Gasteiger partial charge in [-0.15, -0.1) is 5.10 Å². The highest BCUT2D eigenvalue weighted by Gasteiger charge is 2.25. The lowest BCUT2D eigenvalue weighted by Gasteiger charge is -2.14. The summed E-state index contributed by atoms with van der Waals surface area (Å²) in [7, 11) is 0. The first kappa shape index (κ1) is 14.5. The fourth-order valence-electron chi connectivity index (χ4n) is 2.17. The zero-order valence-corrected chi connectivity index (χ0v) is 12.7. The second-order valence-corrected chi connectivity index (χ2v) is 5.73. The number of benzene rings is 1. The molecular formula is C17H19N3O2. The normalized spacial score (nSPS) is 14.0. The lowest BCUT2D eigenvalue weighted by molar-refractivity contribution is 0.102. The van der Waals surface area contributed by atoms with Crippen molar-refractivity contribution >= 4 is 11.6 Å². The van der Waals surface area contributed by atoms with Gasteiger partial charge in [0.2, 0.25) is 0 Å². The average molecular weight is 297 g/mol. The van der Waals surface area contributed by atoms with E-state index in [1.165, 1.54) is 12.8 Å². The summed E-state index contributed by atoms with van der Waals surface area (Å²) in [4.78, 5) is 12.3. The van der Waals surface area contributed by atoms with Gasteiger partial charge in [-0.3, -0.25) is 4.79 Å². The number of para-hydroxylation sites is 2. The second kappa shape index (κ2) is 6.13. The van der Waals surface area contributed by atoms with Crippen molar-refractivity contribution in [1.82, 2.24) is 10.2 Å². The van der Waals surface area contributed by atoms with Gasteiger partial charge in [0.25, 0.3) is 5.91 Å². The summed E-state index contributed by atoms with van der Waals surface area (Å²) in [5, 5.41) is 11.0. The molecule has 0 unspecified atom stereocenters. The van der Waals surface area contributed by atoms with Crippen molar-refractivity contribution in [3.05, 3.63) is 47.8 Å². The Bertz CT molecular complexity index is 664. The molecule has 0 bridgehead atoms. The number of amides is 1. The summed E-state index contributed by atoms with van der Waals surface area (Å²) in [6, 6.07) is 11.0. The van der Waals surface area contributed by atoms with Crippen LogP contribution in [0, 0.1) is 0 Å². The number of nitrogens with zero attached hydrogens (tertiary/aromatic N) is 2. The van der Waals surface area contributed by atoms with E-state index in [1.54, 1.807) is 6.07 Å². The highest BCUT2D eigenvalue weighted by atomic mass is 16.5. The molecule has 1 aromatic heterocycles. The van der Waals surface area contributed by atoms with Crippen LogP contribution < -0.4 is 10.1 Å². The van der Waals surface area contributed by atoms with E-state index in [0.29, 0.717) is 23.0 Å². The van der Waals surface area contributed by atoms with Crippen molar-refractivity contribution in [1.29, 1.82) is 0 Å². The Morgan fingerprint density at radius 3 is 2.59 bits per heavy atom. The van der Waals surface area contributed by atoms with Crippen molar-refractivity contribution in [3.8, 4) is 5.75 Å². The Kier molecular flexibility index (Phi) is 4.04. The Labute approximate surface area is 129 Å². The predicted molar refractivity (Wildman–Crippen MR) is 84.2 cm³/mol. The van der Waals surface area contributed by atoms with E-state index in [4.69, 9.17) is 4.74 Å². The van der Waals surface area contributed by atoms with Crippen molar-refractivity contribution in [3.63, 3.8) is 0 Å². The van der Waals surface area contributed by atoms with Gasteiger partial charge in [-0.05, 0) is 51.0 Å². The Hall–Kier alpha value is -2.43. The Balaban J connectivity index is 1.73. The van der Waals surface area contributed by atoms with E-state index in [2.05, 4.69) is 15.5 Å². The zero-order valence-electron chi connectivity index (χ0n) is 12.7. The topological polar surface area (TPSA) is 64.1 Å². The van der Waals surface area contributed by atoms with E-state index < -0.39 is 0 Å². The molecule has 1 saturated carbocycles. The number of anilines is 1. The van der Waals surface area contributed by atoms with Gasteiger partial charge in [0, 0.05) is 5.92 Å². The van der Waals surface area contributed by atoms with Crippen LogP contribution in [-0.2, 0) is 0 Å². The van der Waals surface area contributed by atoms with Crippen LogP contribution in [0.15, 0.2) is 36.4 Å². The molecule has 1 heterocycles. The minimum absolute atomic E-state index is 0.0377. The molecule has 5 nitrogen and oxygen atoms in total. The number of carbonyl (C=O) groups is 1. The summed E-state index contributed by atoms with van der Waals surface area (Å²) in [6.07, 6.45) is 2.37. The molecule has 0 aliphatic heterocycles. The number of carbonyl (C=O) groups excluding carboxylic acids is 1. The van der Waals surface area contributed by atoms with Gasteiger partial charge < -0.3 is 10.1 Å². The van der Waals surface area contributed by atoms with Crippen molar-refractivity contribution in [2.45, 2.75) is 38.7 Å². The maximum absolute atomic E-state index is 12.3. The highest BCUT2D eigenvalue weighted by Crippen LogP contribution is 2.38. The van der Waals surface area contributed by atoms with Gasteiger partial charge in [0.15, 0.2) is 5.69 Å². The standard InChI is InChI=1S/C17H19N3O2/c1-11(2)22-16-6-4-3-5-14(16)18-17(21)15-10-9-13(19-20-15)12-7-8-12/h3-6,9-12H,7-8H2,1-2H3,(H,18,21). The largest absolute Gasteiger partial charge is 0.489 e. The minimum Gasteiger partial charge on any atom is -0.489 e. The lowest BCUT2D eigenvalue weighted by atomic mass is 10.2. The first-order valence-corrected chi connectivity index (χ1v) is 7.54. The van der Waals surface area contributed by atoms with Crippen molar-refractivity contribution in [2.75, 3.05) is 5.32 Å². The second-order valence-electron chi connectivity index (χ2n) is 5.73. The molecule has 1 N–H and O–H groups in total. The molecule has 114 valence electrons. The quantitative estimate of drug-likeness (QED) is 0.918. The van der Waals surface area contributed by atoms with Crippen LogP contribution in [-0.4, -0.2) is 22.2 Å². The zero-order chi connectivity index (χ0) is 15.5. The molecule has 0 radical (unpaired) electrons. The third-order valence-corrected chi connectivity index (χ3v) is 3.41. The summed E-state index contributed by atoms with van der Waals surface area (Å²) in [6.45, 7) is 3.89. The molecule has 1 aliphatic carbocycles. The number of hydrogen-bond donors (Lipinski definition) is 1. The first-order chi connectivity index (χ1) is 10.6. The molecule has 1 fully saturated rings. The van der Waals surface area contributed by atoms with Gasteiger partial charge in [-0.25, -0.2) is 0 Å². The SMILES string of the molecule is CC(C)Oc1ccccc1NC(=O)c1ccc(C2CC2)nn1. The van der Waals surface area contributed by atoms with Gasteiger partial charge in [0.1, 0.15) is 5.75 Å². The van der Waals surface area contributed by atoms with Crippen LogP contribution in [0.1, 0.15) is 48.8 Å². The fraction of sp³-hybridized carbons (Fsp3) is 0.353. The molecule has 0 saturated heterocycles. The van der Waals surface area contributed by atoms with Crippen molar-refractivity contribution in [2.24, 2.45) is 0 Å². The molecule has 1 aromatic carbocycles. The molecule has 1 amide bonds. The van der Waals surface area contributed by atoms with Crippen molar-refractivity contribution < 1.29 is 9.53 Å². The summed E-state index contributed by atoms with van der Waals surface area (Å²) < 4.78 is 5.69. The number of rotatable bonds is 5. The molecule has 22 heavy (non-hydrogen) atoms. The first-order valence-electron chi connectivity index (χ1n) is 7.54. The van der Waals surface area contributed by atoms with Crippen LogP contribution >= 0.6 is 0 Å². The van der Waals surface area contributed by atoms with Gasteiger partial charge in [-0.2, -0.15) is 5.10 Å². The van der Waals surface area contributed by atoms with Gasteiger partial charge >= 0.3 is 0 Å². The maximum atomic E-state index is 12.3. The molecule has 5 heteroatoms. The average Bonchev–Trinajstić information content (AvgIpc) is 3.33. The molecule has 2 aromatic rings. The summed E-state index contributed by atoms with van der Waals surface area (Å²) in [5.74, 6) is 0.896. The third kappa shape index (κ3) is 3.42. The number of ether oxygens (including phenoxy) is 1. The van der Waals surface area contributed by atoms with E-state index >= 15 is 0 Å². The molecule has 0 spiro atoms. The highest BCUT2D eigenvalue weighted by molar-refractivity contribution is 6.03. The van der Waals surface area contributed by atoms with Crippen LogP contribution in [0.4, 0.5) is 5.69 Å². The minimum atomic E-state index is -0.283. The predicted octanol–water partition coefficient (Wildman–Crippen LogP) is 3.39. The fourth-order valence-corrected chi connectivity index (χ4v) is 2.17. The molecule has 3 rings (SSSR count). The number of nitrogens with one attached hydrogen (secondary N) is 1. The van der Waals surface area contributed by atoms with Gasteiger partial charge in [-0.1, -0.05) is 12.1 Å². The van der Waals surface area contributed by atoms with Crippen LogP contribution in [0.3, 0.4) is 0 Å². The molecule has 1 aliphatic rings. The van der Waals surface area contributed by atoms with Crippen LogP contribution in [0.5, 0.6) is 5.75 Å². The Morgan fingerprint density at radius 2 is 1.95 bits per heavy atom. The van der Waals surface area contributed by atoms with E-state index in [9.17, 15) is 4.79 Å². The number of hydrogen-bond acceptors (Lipinski definition) is 4.